The molecule has 0 saturated carbocycles. The van der Waals surface area contributed by atoms with E-state index in [9.17, 15) is 9.59 Å². The van der Waals surface area contributed by atoms with Crippen molar-refractivity contribution in [2.24, 2.45) is 0 Å². The first-order valence-electron chi connectivity index (χ1n) is 7.40. The zero-order valence-electron chi connectivity index (χ0n) is 13.4. The van der Waals surface area contributed by atoms with Crippen LogP contribution in [0.2, 0.25) is 0 Å². The number of nitrogens with one attached hydrogen (secondary N) is 1. The number of carbonyl (C=O) groups excluding carboxylic acids is 1. The summed E-state index contributed by atoms with van der Waals surface area (Å²) in [6.45, 7) is 7.35. The van der Waals surface area contributed by atoms with Crippen LogP contribution in [0.5, 0.6) is 0 Å². The van der Waals surface area contributed by atoms with E-state index in [2.05, 4.69) is 15.3 Å². The number of morpholine rings is 1. The van der Waals surface area contributed by atoms with Crippen molar-refractivity contribution in [1.29, 1.82) is 0 Å². The number of aromatic nitrogens is 4. The van der Waals surface area contributed by atoms with Crippen molar-refractivity contribution >= 4 is 5.91 Å². The van der Waals surface area contributed by atoms with Gasteiger partial charge in [-0.15, -0.1) is 0 Å². The van der Waals surface area contributed by atoms with Gasteiger partial charge in [0.1, 0.15) is 0 Å². The van der Waals surface area contributed by atoms with Gasteiger partial charge in [-0.25, -0.2) is 9.78 Å². The van der Waals surface area contributed by atoms with Gasteiger partial charge in [0.2, 0.25) is 0 Å². The second kappa shape index (κ2) is 5.62. The van der Waals surface area contributed by atoms with Crippen LogP contribution in [0, 0.1) is 6.92 Å². The van der Waals surface area contributed by atoms with Gasteiger partial charge in [0.05, 0.1) is 36.2 Å². The number of carbonyl (C=O) groups is 1. The standard InChI is InChI=1S/C15H19N5O3/c1-10-11(14(22)19-6-7-23-9-15(19,2)3)8-16-20(10)12-4-5-13(21)18-17-12/h4-5,8H,6-7,9H2,1-3H3,(H,18,21). The molecular formula is C15H19N5O3. The predicted octanol–water partition coefficient (Wildman–Crippen LogP) is 0.515. The van der Waals surface area contributed by atoms with Gasteiger partial charge in [0, 0.05) is 12.6 Å². The second-order valence-electron chi connectivity index (χ2n) is 6.16. The Kier molecular flexibility index (Phi) is 3.77. The highest BCUT2D eigenvalue weighted by molar-refractivity contribution is 5.95. The first kappa shape index (κ1) is 15.4. The Labute approximate surface area is 133 Å². The minimum atomic E-state index is -0.361. The molecule has 0 aliphatic carbocycles. The quantitative estimate of drug-likeness (QED) is 0.871. The summed E-state index contributed by atoms with van der Waals surface area (Å²) >= 11 is 0. The maximum atomic E-state index is 12.9. The molecular weight excluding hydrogens is 298 g/mol. The summed E-state index contributed by atoms with van der Waals surface area (Å²) in [6, 6.07) is 2.93. The zero-order valence-corrected chi connectivity index (χ0v) is 13.4. The molecule has 3 heterocycles. The Hall–Kier alpha value is -2.48. The molecule has 3 rings (SSSR count). The second-order valence-corrected chi connectivity index (χ2v) is 6.16. The van der Waals surface area contributed by atoms with E-state index in [1.54, 1.807) is 13.0 Å². The van der Waals surface area contributed by atoms with Crippen LogP contribution in [0.15, 0.2) is 23.1 Å². The van der Waals surface area contributed by atoms with Crippen molar-refractivity contribution in [3.63, 3.8) is 0 Å². The van der Waals surface area contributed by atoms with Gasteiger partial charge in [-0.2, -0.15) is 10.2 Å². The van der Waals surface area contributed by atoms with Gasteiger partial charge in [-0.3, -0.25) is 9.59 Å². The molecule has 0 bridgehead atoms. The zero-order chi connectivity index (χ0) is 16.6. The molecule has 1 aliphatic rings. The van der Waals surface area contributed by atoms with E-state index >= 15 is 0 Å². The van der Waals surface area contributed by atoms with Crippen LogP contribution >= 0.6 is 0 Å². The summed E-state index contributed by atoms with van der Waals surface area (Å²) in [6.07, 6.45) is 1.54. The lowest BCUT2D eigenvalue weighted by atomic mass is 10.0. The number of hydrogen-bond acceptors (Lipinski definition) is 5. The topological polar surface area (TPSA) is 93.1 Å². The van der Waals surface area contributed by atoms with E-state index in [1.165, 1.54) is 16.9 Å². The fourth-order valence-corrected chi connectivity index (χ4v) is 2.69. The highest BCUT2D eigenvalue weighted by Gasteiger charge is 2.35. The summed E-state index contributed by atoms with van der Waals surface area (Å²) in [5, 5.41) is 10.5. The average molecular weight is 317 g/mol. The van der Waals surface area contributed by atoms with Crippen molar-refractivity contribution in [3.8, 4) is 5.82 Å². The smallest absolute Gasteiger partial charge is 0.264 e. The van der Waals surface area contributed by atoms with E-state index in [-0.39, 0.29) is 17.0 Å². The van der Waals surface area contributed by atoms with Gasteiger partial charge in [-0.1, -0.05) is 0 Å². The Bertz CT molecular complexity index is 772. The minimum absolute atomic E-state index is 0.0773. The number of aromatic amines is 1. The van der Waals surface area contributed by atoms with Crippen molar-refractivity contribution < 1.29 is 9.53 Å². The predicted molar refractivity (Wildman–Crippen MR) is 82.7 cm³/mol. The summed E-state index contributed by atoms with van der Waals surface area (Å²) in [4.78, 5) is 25.8. The largest absolute Gasteiger partial charge is 0.377 e. The molecule has 23 heavy (non-hydrogen) atoms. The summed E-state index contributed by atoms with van der Waals surface area (Å²) in [7, 11) is 0. The van der Waals surface area contributed by atoms with Crippen molar-refractivity contribution in [1.82, 2.24) is 24.9 Å². The molecule has 2 aromatic rings. The molecule has 0 radical (unpaired) electrons. The molecule has 0 spiro atoms. The molecule has 1 fully saturated rings. The molecule has 1 aliphatic heterocycles. The van der Waals surface area contributed by atoms with Gasteiger partial charge in [0.25, 0.3) is 11.5 Å². The van der Waals surface area contributed by atoms with Crippen molar-refractivity contribution in [2.75, 3.05) is 19.8 Å². The van der Waals surface area contributed by atoms with Gasteiger partial charge < -0.3 is 9.64 Å². The number of hydrogen-bond donors (Lipinski definition) is 1. The van der Waals surface area contributed by atoms with Crippen molar-refractivity contribution in [3.05, 3.63) is 39.9 Å². The fourth-order valence-electron chi connectivity index (χ4n) is 2.69. The number of H-pyrrole nitrogens is 1. The third-order valence-electron chi connectivity index (χ3n) is 4.01. The molecule has 122 valence electrons. The molecule has 1 N–H and O–H groups in total. The highest BCUT2D eigenvalue weighted by Crippen LogP contribution is 2.23. The van der Waals surface area contributed by atoms with E-state index < -0.39 is 0 Å². The van der Waals surface area contributed by atoms with E-state index in [0.717, 1.165) is 0 Å². The number of nitrogens with zero attached hydrogens (tertiary/aromatic N) is 4. The Balaban J connectivity index is 1.94. The van der Waals surface area contributed by atoms with Gasteiger partial charge >= 0.3 is 0 Å². The molecule has 0 atom stereocenters. The first-order chi connectivity index (χ1) is 10.9. The number of amides is 1. The van der Waals surface area contributed by atoms with Crippen LogP contribution in [-0.4, -0.2) is 56.1 Å². The molecule has 0 aromatic carbocycles. The first-order valence-corrected chi connectivity index (χ1v) is 7.40. The third kappa shape index (κ3) is 2.77. The normalized spacial score (nSPS) is 17.3. The van der Waals surface area contributed by atoms with E-state index in [0.29, 0.717) is 36.8 Å². The van der Waals surface area contributed by atoms with Crippen molar-refractivity contribution in [2.45, 2.75) is 26.3 Å². The minimum Gasteiger partial charge on any atom is -0.377 e. The van der Waals surface area contributed by atoms with Crippen LogP contribution in [0.4, 0.5) is 0 Å². The molecule has 8 nitrogen and oxygen atoms in total. The Morgan fingerprint density at radius 3 is 2.83 bits per heavy atom. The highest BCUT2D eigenvalue weighted by atomic mass is 16.5. The van der Waals surface area contributed by atoms with Crippen LogP contribution in [0.1, 0.15) is 29.9 Å². The monoisotopic (exact) mass is 317 g/mol. The van der Waals surface area contributed by atoms with Crippen LogP contribution in [0.3, 0.4) is 0 Å². The molecule has 2 aromatic heterocycles. The summed E-state index contributed by atoms with van der Waals surface area (Å²) in [5.74, 6) is 0.383. The Morgan fingerprint density at radius 2 is 2.17 bits per heavy atom. The lowest BCUT2D eigenvalue weighted by Gasteiger charge is -2.42. The van der Waals surface area contributed by atoms with Crippen LogP contribution in [-0.2, 0) is 4.74 Å². The maximum Gasteiger partial charge on any atom is 0.264 e. The van der Waals surface area contributed by atoms with Crippen LogP contribution in [0.25, 0.3) is 5.82 Å². The third-order valence-corrected chi connectivity index (χ3v) is 4.01. The van der Waals surface area contributed by atoms with E-state index in [1.807, 2.05) is 18.7 Å². The lowest BCUT2D eigenvalue weighted by molar-refractivity contribution is -0.0371. The molecule has 1 saturated heterocycles. The maximum absolute atomic E-state index is 12.9. The van der Waals surface area contributed by atoms with Gasteiger partial charge in [0.15, 0.2) is 5.82 Å². The number of ether oxygens (including phenoxy) is 1. The van der Waals surface area contributed by atoms with E-state index in [4.69, 9.17) is 4.74 Å². The SMILES string of the molecule is Cc1c(C(=O)N2CCOCC2(C)C)cnn1-c1ccc(=O)[nH]n1. The molecule has 8 heteroatoms. The fraction of sp³-hybridized carbons (Fsp3) is 0.467. The summed E-state index contributed by atoms with van der Waals surface area (Å²) in [5.41, 5.74) is 0.551. The Morgan fingerprint density at radius 1 is 1.39 bits per heavy atom. The summed E-state index contributed by atoms with van der Waals surface area (Å²) < 4.78 is 7.00. The molecule has 0 unspecified atom stereocenters. The van der Waals surface area contributed by atoms with Crippen LogP contribution < -0.4 is 5.56 Å². The number of rotatable bonds is 2. The van der Waals surface area contributed by atoms with Gasteiger partial charge in [-0.05, 0) is 26.8 Å². The lowest BCUT2D eigenvalue weighted by Crippen LogP contribution is -2.55. The average Bonchev–Trinajstić information content (AvgIpc) is 2.89. The molecule has 1 amide bonds.